The van der Waals surface area contributed by atoms with E-state index in [1.807, 2.05) is 25.7 Å². The van der Waals surface area contributed by atoms with Crippen molar-refractivity contribution < 1.29 is 8.78 Å². The molecule has 1 rings (SSSR count). The Morgan fingerprint density at radius 1 is 1.14 bits per heavy atom. The smallest absolute Gasteiger partial charge is 0.165 e. The van der Waals surface area contributed by atoms with Crippen LogP contribution in [0.5, 0.6) is 0 Å². The number of piperidine rings is 1. The molecule has 0 amide bonds. The summed E-state index contributed by atoms with van der Waals surface area (Å²) in [6.07, 6.45) is 6.62. The van der Waals surface area contributed by atoms with E-state index in [0.717, 1.165) is 32.4 Å². The van der Waals surface area contributed by atoms with Crippen LogP contribution in [-0.4, -0.2) is 48.7 Å². The fourth-order valence-corrected chi connectivity index (χ4v) is 3.96. The molecule has 10 heteroatoms. The van der Waals surface area contributed by atoms with Crippen LogP contribution in [0.15, 0.2) is 69.9 Å². The zero-order valence-electron chi connectivity index (χ0n) is 21.4. The number of likely N-dealkylation sites (tertiary alicyclic amines) is 1. The normalized spacial score (nSPS) is 18.7. The minimum atomic E-state index is -0.606. The van der Waals surface area contributed by atoms with Gasteiger partial charge in [0.25, 0.3) is 0 Å². The van der Waals surface area contributed by atoms with Crippen LogP contribution < -0.4 is 21.1 Å². The highest BCUT2D eigenvalue weighted by Gasteiger charge is 2.18. The number of nitrogens with zero attached hydrogens (tertiary/aromatic N) is 3. The summed E-state index contributed by atoms with van der Waals surface area (Å²) in [6, 6.07) is -0.529. The van der Waals surface area contributed by atoms with Gasteiger partial charge in [-0.15, -0.1) is 0 Å². The summed E-state index contributed by atoms with van der Waals surface area (Å²) in [5.74, 6) is -0.928. The molecular formula is C25H41F2N7S. The minimum Gasteiger partial charge on any atom is -0.381 e. The Hall–Kier alpha value is -2.59. The second-order valence-electron chi connectivity index (χ2n) is 8.89. The van der Waals surface area contributed by atoms with Crippen molar-refractivity contribution in [2.24, 2.45) is 15.7 Å². The van der Waals surface area contributed by atoms with Crippen molar-refractivity contribution in [1.29, 1.82) is 0 Å². The lowest BCUT2D eigenvalue weighted by Crippen LogP contribution is -2.36. The van der Waals surface area contributed by atoms with Crippen LogP contribution >= 0.6 is 12.8 Å². The summed E-state index contributed by atoms with van der Waals surface area (Å²) in [5, 5.41) is 6.23. The van der Waals surface area contributed by atoms with Gasteiger partial charge in [0, 0.05) is 48.3 Å². The number of aliphatic imine (C=N–C) groups is 2. The predicted molar refractivity (Wildman–Crippen MR) is 147 cm³/mol. The summed E-state index contributed by atoms with van der Waals surface area (Å²) < 4.78 is 31.8. The van der Waals surface area contributed by atoms with Crippen molar-refractivity contribution in [3.8, 4) is 0 Å². The first-order valence-electron chi connectivity index (χ1n) is 11.8. The molecule has 0 spiro atoms. The summed E-state index contributed by atoms with van der Waals surface area (Å²) in [5.41, 5.74) is 7.38. The molecule has 0 aliphatic carbocycles. The Morgan fingerprint density at radius 3 is 2.29 bits per heavy atom. The van der Waals surface area contributed by atoms with Gasteiger partial charge in [0.15, 0.2) is 23.3 Å². The summed E-state index contributed by atoms with van der Waals surface area (Å²) in [6.45, 7) is 19.7. The van der Waals surface area contributed by atoms with Gasteiger partial charge < -0.3 is 26.0 Å². The quantitative estimate of drug-likeness (QED) is 0.108. The van der Waals surface area contributed by atoms with Crippen molar-refractivity contribution in [3.05, 3.63) is 59.9 Å². The molecule has 1 aliphatic rings. The molecule has 196 valence electrons. The zero-order chi connectivity index (χ0) is 26.5. The fraction of sp³-hybridized carbons (Fsp3) is 0.520. The molecule has 7 nitrogen and oxygen atoms in total. The Balaban J connectivity index is 3.13. The largest absolute Gasteiger partial charge is 0.381 e. The fourth-order valence-electron chi connectivity index (χ4n) is 3.83. The summed E-state index contributed by atoms with van der Waals surface area (Å²) in [4.78, 5) is 10.0. The summed E-state index contributed by atoms with van der Waals surface area (Å²) >= 11 is 4.06. The van der Waals surface area contributed by atoms with E-state index >= 15 is 4.39 Å². The van der Waals surface area contributed by atoms with E-state index < -0.39 is 11.7 Å². The van der Waals surface area contributed by atoms with Crippen molar-refractivity contribution >= 4 is 25.4 Å². The Bertz CT molecular complexity index is 871. The van der Waals surface area contributed by atoms with Crippen molar-refractivity contribution in [3.63, 3.8) is 0 Å². The number of nitrogens with two attached hydrogens (primary N) is 1. The van der Waals surface area contributed by atoms with Crippen molar-refractivity contribution in [1.82, 2.24) is 20.3 Å². The van der Waals surface area contributed by atoms with Crippen LogP contribution in [0.3, 0.4) is 0 Å². The number of halogens is 2. The van der Waals surface area contributed by atoms with Crippen LogP contribution in [-0.2, 0) is 0 Å². The average Bonchev–Trinajstić information content (AvgIpc) is 2.80. The summed E-state index contributed by atoms with van der Waals surface area (Å²) in [7, 11) is 0. The molecule has 0 saturated carbocycles. The average molecular weight is 510 g/mol. The number of nitrogens with one attached hydrogen (secondary N) is 3. The van der Waals surface area contributed by atoms with Crippen LogP contribution in [0.2, 0.25) is 0 Å². The van der Waals surface area contributed by atoms with Gasteiger partial charge in [-0.25, -0.2) is 18.8 Å². The van der Waals surface area contributed by atoms with Gasteiger partial charge in [-0.3, -0.25) is 0 Å². The van der Waals surface area contributed by atoms with Crippen LogP contribution in [0.25, 0.3) is 0 Å². The van der Waals surface area contributed by atoms with Crippen LogP contribution in [0.1, 0.15) is 53.4 Å². The molecule has 0 aromatic rings. The van der Waals surface area contributed by atoms with Gasteiger partial charge in [-0.1, -0.05) is 26.0 Å². The van der Waals surface area contributed by atoms with Gasteiger partial charge in [-0.2, -0.15) is 0 Å². The van der Waals surface area contributed by atoms with E-state index in [2.05, 4.69) is 58.0 Å². The van der Waals surface area contributed by atoms with E-state index in [0.29, 0.717) is 23.4 Å². The lowest BCUT2D eigenvalue weighted by Gasteiger charge is -2.28. The monoisotopic (exact) mass is 509 g/mol. The van der Waals surface area contributed by atoms with Crippen molar-refractivity contribution in [2.75, 3.05) is 13.1 Å². The molecular weight excluding hydrogens is 468 g/mol. The van der Waals surface area contributed by atoms with E-state index in [1.54, 1.807) is 13.1 Å². The van der Waals surface area contributed by atoms with Crippen LogP contribution in [0, 0.1) is 0 Å². The Labute approximate surface area is 214 Å². The maximum absolute atomic E-state index is 15.1. The van der Waals surface area contributed by atoms with Gasteiger partial charge in [0.05, 0.1) is 6.04 Å². The Morgan fingerprint density at radius 2 is 1.77 bits per heavy atom. The lowest BCUT2D eigenvalue weighted by atomic mass is 10.0. The molecule has 35 heavy (non-hydrogen) atoms. The molecule has 2 unspecified atom stereocenters. The lowest BCUT2D eigenvalue weighted by molar-refractivity contribution is 0.337. The number of hydrogen-bond acceptors (Lipinski definition) is 7. The molecule has 1 aliphatic heterocycles. The topological polar surface area (TPSA) is 90.1 Å². The molecule has 1 saturated heterocycles. The van der Waals surface area contributed by atoms with E-state index in [1.165, 1.54) is 6.08 Å². The van der Waals surface area contributed by atoms with E-state index in [4.69, 9.17) is 5.73 Å². The number of hydrogen-bond donors (Lipinski definition) is 5. The molecule has 0 aromatic carbocycles. The minimum absolute atomic E-state index is 0.0132. The third-order valence-corrected chi connectivity index (χ3v) is 5.72. The van der Waals surface area contributed by atoms with Gasteiger partial charge in [0.2, 0.25) is 0 Å². The third kappa shape index (κ3) is 10.7. The molecule has 0 radical (unpaired) electrons. The predicted octanol–water partition coefficient (Wildman–Crippen LogP) is 4.62. The van der Waals surface area contributed by atoms with Crippen molar-refractivity contribution in [2.45, 2.75) is 71.5 Å². The highest BCUT2D eigenvalue weighted by molar-refractivity contribution is 7.78. The third-order valence-electron chi connectivity index (χ3n) is 5.45. The van der Waals surface area contributed by atoms with Gasteiger partial charge >= 0.3 is 0 Å². The Kier molecular flexibility index (Phi) is 13.4. The highest BCUT2D eigenvalue weighted by atomic mass is 32.1. The first-order valence-corrected chi connectivity index (χ1v) is 12.2. The molecule has 1 heterocycles. The maximum atomic E-state index is 15.1. The van der Waals surface area contributed by atoms with Gasteiger partial charge in [0.1, 0.15) is 0 Å². The maximum Gasteiger partial charge on any atom is 0.165 e. The second kappa shape index (κ2) is 15.4. The number of rotatable bonds is 13. The number of thiol groups is 1. The van der Waals surface area contributed by atoms with E-state index in [9.17, 15) is 4.39 Å². The molecule has 3 atom stereocenters. The standard InChI is InChI=1S/C25H41F2N7S/c1-16(28)13-17(2)32-24(29-7)23(27)14-22(21(6)33-35)20(5)31-18(3)15-30-25(19(4)26)34-11-9-8-10-12-34/h14-17,20,31-33,35H,4,6-13,28H2,1-3,5H3/b18-15+,22-14+,24-23-,30-25?/t16-,17?,20?/m0/s1. The molecule has 5 N–H and O–H groups in total. The zero-order valence-corrected chi connectivity index (χ0v) is 22.3. The first-order chi connectivity index (χ1) is 16.5. The first kappa shape index (κ1) is 30.4. The van der Waals surface area contributed by atoms with Gasteiger partial charge in [-0.05, 0) is 66.2 Å². The molecule has 0 aromatic heterocycles. The molecule has 1 fully saturated rings. The van der Waals surface area contributed by atoms with E-state index in [-0.39, 0.29) is 29.8 Å². The van der Waals surface area contributed by atoms with Crippen LogP contribution in [0.4, 0.5) is 8.78 Å². The SMILES string of the molecule is C=N/C(NC(C)C[C@H](C)N)=C(F)\C=C(\C(=C)NS)C(C)N/C(C)=C/N=C(C(=C)F)N1CCCCC1. The molecule has 0 bridgehead atoms. The highest BCUT2D eigenvalue weighted by Crippen LogP contribution is 2.19. The number of amidine groups is 1. The number of allylic oxidation sites excluding steroid dienone is 3. The second-order valence-corrected chi connectivity index (χ2v) is 9.11.